The molecule has 0 aliphatic heterocycles. The van der Waals surface area contributed by atoms with Gasteiger partial charge in [-0.05, 0) is 0 Å². The molecule has 4 N–H and O–H groups in total. The van der Waals surface area contributed by atoms with E-state index in [0.29, 0.717) is 0 Å². The van der Waals surface area contributed by atoms with E-state index in [1.165, 1.54) is 0 Å². The van der Waals surface area contributed by atoms with E-state index in [-0.39, 0.29) is 12.9 Å². The van der Waals surface area contributed by atoms with Crippen LogP contribution >= 0.6 is 0 Å². The van der Waals surface area contributed by atoms with Crippen molar-refractivity contribution in [3.63, 3.8) is 0 Å². The lowest BCUT2D eigenvalue weighted by Crippen LogP contribution is -2.32. The Labute approximate surface area is 52.0 Å². The van der Waals surface area contributed by atoms with Crippen LogP contribution in [-0.2, 0) is 9.63 Å². The highest BCUT2D eigenvalue weighted by Gasteiger charge is 2.13. The highest BCUT2D eigenvalue weighted by atomic mass is 16.6. The molecule has 0 aliphatic rings. The lowest BCUT2D eigenvalue weighted by Gasteiger charge is -2.09. The van der Waals surface area contributed by atoms with E-state index in [0.717, 1.165) is 0 Å². The monoisotopic (exact) mass is 135 g/mol. The summed E-state index contributed by atoms with van der Waals surface area (Å²) in [5.41, 5.74) is 0. The molecular formula is C4H9NO4. The molecule has 0 rings (SSSR count). The number of nitrogens with two attached hydrogens (primary N) is 1. The molecule has 0 aliphatic carbocycles. The fourth-order valence-corrected chi connectivity index (χ4v) is 0.288. The van der Waals surface area contributed by atoms with Crippen molar-refractivity contribution in [2.45, 2.75) is 12.2 Å². The molecule has 0 spiro atoms. The van der Waals surface area contributed by atoms with Crippen LogP contribution in [0.15, 0.2) is 0 Å². The van der Waals surface area contributed by atoms with Crippen molar-refractivity contribution in [3.05, 3.63) is 0 Å². The van der Waals surface area contributed by atoms with Crippen molar-refractivity contribution in [2.24, 2.45) is 5.90 Å². The summed E-state index contributed by atoms with van der Waals surface area (Å²) in [5, 5.41) is 17.1. The van der Waals surface area contributed by atoms with E-state index >= 15 is 0 Å². The van der Waals surface area contributed by atoms with E-state index < -0.39 is 12.2 Å². The smallest absolute Gasteiger partial charge is 0.151 e. The number of carbonyl (C=O) groups is 1. The number of rotatable bonds is 4. The van der Waals surface area contributed by atoms with Gasteiger partial charge in [0.05, 0.1) is 6.61 Å². The highest BCUT2D eigenvalue weighted by molar-refractivity contribution is 5.56. The van der Waals surface area contributed by atoms with Crippen LogP contribution in [0, 0.1) is 0 Å². The summed E-state index contributed by atoms with van der Waals surface area (Å²) in [4.78, 5) is 13.7. The lowest BCUT2D eigenvalue weighted by molar-refractivity contribution is -0.123. The van der Waals surface area contributed by atoms with Gasteiger partial charge >= 0.3 is 0 Å². The molecule has 0 bridgehead atoms. The third kappa shape index (κ3) is 3.15. The summed E-state index contributed by atoms with van der Waals surface area (Å²) in [6.45, 7) is -0.250. The summed E-state index contributed by atoms with van der Waals surface area (Å²) in [6, 6.07) is 0. The lowest BCUT2D eigenvalue weighted by atomic mass is 10.2. The minimum Gasteiger partial charge on any atom is -0.387 e. The fraction of sp³-hybridized carbons (Fsp3) is 0.750. The standard InChI is InChI=1S/C4H9NO4/c5-9-2-4(8)3(7)1-6/h1,3-4,7-8H,2,5H2/t3-,4+/m0/s1. The minimum atomic E-state index is -1.41. The molecule has 9 heavy (non-hydrogen) atoms. The number of aldehydes is 1. The molecule has 5 heteroatoms. The normalized spacial score (nSPS) is 16.8. The molecule has 0 unspecified atom stereocenters. The Morgan fingerprint density at radius 2 is 2.22 bits per heavy atom. The largest absolute Gasteiger partial charge is 0.387 e. The zero-order valence-corrected chi connectivity index (χ0v) is 4.73. The van der Waals surface area contributed by atoms with Gasteiger partial charge in [0.1, 0.15) is 12.2 Å². The summed E-state index contributed by atoms with van der Waals surface area (Å²) in [5.74, 6) is 4.53. The van der Waals surface area contributed by atoms with Crippen LogP contribution in [0.25, 0.3) is 0 Å². The van der Waals surface area contributed by atoms with Gasteiger partial charge in [-0.2, -0.15) is 0 Å². The van der Waals surface area contributed by atoms with Crippen LogP contribution in [-0.4, -0.2) is 35.3 Å². The molecule has 0 amide bonds. The topological polar surface area (TPSA) is 92.8 Å². The zero-order valence-electron chi connectivity index (χ0n) is 4.73. The quantitative estimate of drug-likeness (QED) is 0.300. The Kier molecular flexibility index (Phi) is 4.16. The van der Waals surface area contributed by atoms with Crippen molar-refractivity contribution in [1.82, 2.24) is 0 Å². The van der Waals surface area contributed by atoms with E-state index in [2.05, 4.69) is 10.7 Å². The molecule has 0 aromatic carbocycles. The molecule has 0 radical (unpaired) electrons. The van der Waals surface area contributed by atoms with Crippen molar-refractivity contribution < 1.29 is 19.8 Å². The van der Waals surface area contributed by atoms with Gasteiger partial charge in [-0.3, -0.25) is 0 Å². The van der Waals surface area contributed by atoms with Crippen LogP contribution in [0.2, 0.25) is 0 Å². The van der Waals surface area contributed by atoms with Crippen LogP contribution in [0.3, 0.4) is 0 Å². The highest BCUT2D eigenvalue weighted by Crippen LogP contribution is 1.87. The Bertz CT molecular complexity index is 86.6. The maximum Gasteiger partial charge on any atom is 0.151 e. The predicted molar refractivity (Wildman–Crippen MR) is 28.2 cm³/mol. The molecule has 0 saturated carbocycles. The molecule has 0 fully saturated rings. The second-order valence-electron chi connectivity index (χ2n) is 1.53. The first kappa shape index (κ1) is 8.51. The van der Waals surface area contributed by atoms with Crippen molar-refractivity contribution in [3.8, 4) is 0 Å². The average Bonchev–Trinajstić information content (AvgIpc) is 1.87. The second kappa shape index (κ2) is 4.39. The Morgan fingerprint density at radius 3 is 2.56 bits per heavy atom. The van der Waals surface area contributed by atoms with Gasteiger partial charge in [0.15, 0.2) is 6.29 Å². The predicted octanol–water partition coefficient (Wildman–Crippen LogP) is -2.20. The Morgan fingerprint density at radius 1 is 1.67 bits per heavy atom. The second-order valence-corrected chi connectivity index (χ2v) is 1.53. The van der Waals surface area contributed by atoms with Gasteiger partial charge in [-0.15, -0.1) is 0 Å². The molecule has 0 heterocycles. The molecule has 54 valence electrons. The van der Waals surface area contributed by atoms with Crippen molar-refractivity contribution in [2.75, 3.05) is 6.61 Å². The van der Waals surface area contributed by atoms with Crippen molar-refractivity contribution >= 4 is 6.29 Å². The Balaban J connectivity index is 3.44. The van der Waals surface area contributed by atoms with Gasteiger partial charge in [0.25, 0.3) is 0 Å². The van der Waals surface area contributed by atoms with E-state index in [1.807, 2.05) is 0 Å². The molecule has 0 aromatic rings. The Hall–Kier alpha value is -0.490. The van der Waals surface area contributed by atoms with Gasteiger partial charge in [-0.25, -0.2) is 5.90 Å². The first-order valence-corrected chi connectivity index (χ1v) is 2.35. The number of carbonyl (C=O) groups excluding carboxylic acids is 1. The van der Waals surface area contributed by atoms with Gasteiger partial charge < -0.3 is 19.8 Å². The third-order valence-electron chi connectivity index (χ3n) is 0.801. The SMILES string of the molecule is NOC[C@@H](O)[C@@H](O)C=O. The van der Waals surface area contributed by atoms with Gasteiger partial charge in [-0.1, -0.05) is 0 Å². The van der Waals surface area contributed by atoms with Crippen molar-refractivity contribution in [1.29, 1.82) is 0 Å². The number of aliphatic hydroxyl groups excluding tert-OH is 2. The van der Waals surface area contributed by atoms with Crippen LogP contribution in [0.1, 0.15) is 0 Å². The molecular weight excluding hydrogens is 126 g/mol. The molecule has 5 nitrogen and oxygen atoms in total. The summed E-state index contributed by atoms with van der Waals surface area (Å²) in [7, 11) is 0. The number of aliphatic hydroxyl groups is 2. The first-order chi connectivity index (χ1) is 4.22. The average molecular weight is 135 g/mol. The van der Waals surface area contributed by atoms with Crippen LogP contribution in [0.5, 0.6) is 0 Å². The fourth-order valence-electron chi connectivity index (χ4n) is 0.288. The summed E-state index contributed by atoms with van der Waals surface area (Å²) in [6.07, 6.45) is -2.43. The van der Waals surface area contributed by atoms with Gasteiger partial charge in [0.2, 0.25) is 0 Å². The van der Waals surface area contributed by atoms with Crippen LogP contribution in [0.4, 0.5) is 0 Å². The zero-order chi connectivity index (χ0) is 7.28. The number of hydrogen-bond donors (Lipinski definition) is 3. The number of hydrogen-bond acceptors (Lipinski definition) is 5. The maximum absolute atomic E-state index is 9.71. The first-order valence-electron chi connectivity index (χ1n) is 2.35. The van der Waals surface area contributed by atoms with Gasteiger partial charge in [0, 0.05) is 0 Å². The minimum absolute atomic E-state index is 0.212. The maximum atomic E-state index is 9.71. The van der Waals surface area contributed by atoms with E-state index in [1.54, 1.807) is 0 Å². The summed E-state index contributed by atoms with van der Waals surface area (Å²) < 4.78 is 0. The summed E-state index contributed by atoms with van der Waals surface area (Å²) >= 11 is 0. The third-order valence-corrected chi connectivity index (χ3v) is 0.801. The van der Waals surface area contributed by atoms with Crippen LogP contribution < -0.4 is 5.90 Å². The molecule has 0 aromatic heterocycles. The molecule has 2 atom stereocenters. The molecule has 0 saturated heterocycles. The van der Waals surface area contributed by atoms with E-state index in [9.17, 15) is 4.79 Å². The van der Waals surface area contributed by atoms with E-state index in [4.69, 9.17) is 10.2 Å².